The molecule has 0 saturated heterocycles. The average Bonchev–Trinajstić information content (AvgIpc) is 3.24. The topological polar surface area (TPSA) is 149 Å². The molecule has 0 unspecified atom stereocenters. The minimum absolute atomic E-state index is 0.252. The molecular weight excluding hydrogens is 777 g/mol. The third kappa shape index (κ3) is 48.9. The summed E-state index contributed by atoms with van der Waals surface area (Å²) in [5, 5.41) is 35.2. The molecule has 0 aliphatic rings. The van der Waals surface area contributed by atoms with Crippen LogP contribution in [0.4, 0.5) is 0 Å². The van der Waals surface area contributed by atoms with Crippen molar-refractivity contribution in [1.82, 2.24) is 0 Å². The first kappa shape index (κ1) is 62.0. The number of hydrogen-bond acceptors (Lipinski definition) is 4. The molecule has 0 aliphatic carbocycles. The van der Waals surface area contributed by atoms with Gasteiger partial charge in [-0.05, 0) is 12.8 Å². The number of rotatable bonds is 50. The van der Waals surface area contributed by atoms with Gasteiger partial charge in [0.05, 0.1) is 0 Å². The zero-order valence-corrected chi connectivity index (χ0v) is 41.1. The summed E-state index contributed by atoms with van der Waals surface area (Å²) in [4.78, 5) is 43.1. The Hall–Kier alpha value is -2.12. The predicted molar refractivity (Wildman–Crippen MR) is 261 cm³/mol. The van der Waals surface area contributed by atoms with Gasteiger partial charge in [0.1, 0.15) is 0 Å². The number of hydrogen-bond donors (Lipinski definition) is 4. The molecule has 0 aromatic carbocycles. The normalized spacial score (nSPS) is 11.3. The lowest BCUT2D eigenvalue weighted by molar-refractivity contribution is -0.156. The van der Waals surface area contributed by atoms with Crippen LogP contribution in [0.2, 0.25) is 0 Å². The van der Waals surface area contributed by atoms with E-state index in [0.29, 0.717) is 12.8 Å². The Morgan fingerprint density at radius 1 is 0.226 bits per heavy atom. The Morgan fingerprint density at radius 2 is 0.339 bits per heavy atom. The zero-order valence-electron chi connectivity index (χ0n) is 41.1. The molecular formula is C54H104O8. The van der Waals surface area contributed by atoms with Gasteiger partial charge in [-0.3, -0.25) is 19.2 Å². The first-order valence-corrected chi connectivity index (χ1v) is 27.1. The van der Waals surface area contributed by atoms with Crippen LogP contribution in [0, 0.1) is 11.8 Å². The molecule has 0 amide bonds. The Kier molecular flexibility index (Phi) is 51.5. The molecule has 0 bridgehead atoms. The highest BCUT2D eigenvalue weighted by molar-refractivity contribution is 5.93. The second-order valence-electron chi connectivity index (χ2n) is 18.9. The van der Waals surface area contributed by atoms with E-state index in [9.17, 15) is 19.2 Å². The molecule has 0 saturated carbocycles. The van der Waals surface area contributed by atoms with E-state index in [4.69, 9.17) is 20.4 Å². The smallest absolute Gasteiger partial charge is 0.317 e. The van der Waals surface area contributed by atoms with Gasteiger partial charge in [0.25, 0.3) is 0 Å². The van der Waals surface area contributed by atoms with Gasteiger partial charge in [0.2, 0.25) is 0 Å². The molecule has 62 heavy (non-hydrogen) atoms. The maximum Gasteiger partial charge on any atom is 0.317 e. The van der Waals surface area contributed by atoms with Gasteiger partial charge in [-0.15, -0.1) is 0 Å². The van der Waals surface area contributed by atoms with Crippen LogP contribution >= 0.6 is 0 Å². The van der Waals surface area contributed by atoms with Crippen molar-refractivity contribution in [2.24, 2.45) is 11.8 Å². The number of carboxylic acids is 4. The second kappa shape index (κ2) is 51.5. The monoisotopic (exact) mass is 881 g/mol. The van der Waals surface area contributed by atoms with Crippen molar-refractivity contribution in [3.05, 3.63) is 0 Å². The molecule has 0 aliphatic heterocycles. The molecule has 0 aromatic heterocycles. The molecule has 0 fully saturated rings. The van der Waals surface area contributed by atoms with Gasteiger partial charge in [-0.2, -0.15) is 0 Å². The van der Waals surface area contributed by atoms with Crippen LogP contribution in [0.1, 0.15) is 309 Å². The van der Waals surface area contributed by atoms with Crippen molar-refractivity contribution in [2.45, 2.75) is 309 Å². The van der Waals surface area contributed by atoms with Gasteiger partial charge in [0.15, 0.2) is 11.8 Å². The summed E-state index contributed by atoms with van der Waals surface area (Å²) in [6.07, 6.45) is 58.8. The van der Waals surface area contributed by atoms with Crippen molar-refractivity contribution >= 4 is 23.9 Å². The van der Waals surface area contributed by atoms with Gasteiger partial charge < -0.3 is 20.4 Å². The predicted octanol–water partition coefficient (Wildman–Crippen LogP) is 17.5. The summed E-state index contributed by atoms with van der Waals surface area (Å²) in [5.74, 6) is -7.32. The molecule has 368 valence electrons. The van der Waals surface area contributed by atoms with E-state index < -0.39 is 35.7 Å². The maximum absolute atomic E-state index is 10.9. The minimum atomic E-state index is -1.23. The molecule has 0 heterocycles. The zero-order chi connectivity index (χ0) is 46.0. The molecule has 0 atom stereocenters. The van der Waals surface area contributed by atoms with Crippen molar-refractivity contribution in [3.8, 4) is 0 Å². The number of carbonyl (C=O) groups is 4. The third-order valence-corrected chi connectivity index (χ3v) is 12.9. The van der Waals surface area contributed by atoms with Crippen LogP contribution in [0.3, 0.4) is 0 Å². The molecule has 8 nitrogen and oxygen atoms in total. The Morgan fingerprint density at radius 3 is 0.452 bits per heavy atom. The third-order valence-electron chi connectivity index (χ3n) is 12.9. The highest BCUT2D eigenvalue weighted by Gasteiger charge is 2.25. The van der Waals surface area contributed by atoms with Crippen molar-refractivity contribution in [3.63, 3.8) is 0 Å². The van der Waals surface area contributed by atoms with Crippen LogP contribution in [0.5, 0.6) is 0 Å². The standard InChI is InChI=1S/C38H74O4.C16H30O4/c1-2-3-4-5-6-7-8-9-10-11-12-13-14-15-16-17-18-19-20-21-22-23-24-25-26-27-28-29-30-31-32-33-34-35-36(37(39)40)38(41)42;1-2-3-4-5-6-7-8-9-10-11-12-13-14(15(17)18)16(19)20/h36H,2-35H2,1H3,(H,39,40)(H,41,42);14H,2-13H2,1H3,(H,17,18)(H,19,20). The fraction of sp³-hybridized carbons (Fsp3) is 0.926. The van der Waals surface area contributed by atoms with Crippen molar-refractivity contribution in [2.75, 3.05) is 0 Å². The van der Waals surface area contributed by atoms with Crippen LogP contribution in [-0.2, 0) is 19.2 Å². The molecule has 0 rings (SSSR count). The molecule has 0 aromatic rings. The van der Waals surface area contributed by atoms with Crippen LogP contribution in [0.25, 0.3) is 0 Å². The Bertz CT molecular complexity index is 940. The summed E-state index contributed by atoms with van der Waals surface area (Å²) in [7, 11) is 0. The van der Waals surface area contributed by atoms with Crippen LogP contribution < -0.4 is 0 Å². The molecule has 0 spiro atoms. The molecule has 4 N–H and O–H groups in total. The minimum Gasteiger partial charge on any atom is -0.481 e. The van der Waals surface area contributed by atoms with Crippen molar-refractivity contribution in [1.29, 1.82) is 0 Å². The van der Waals surface area contributed by atoms with Gasteiger partial charge in [0, 0.05) is 0 Å². The summed E-state index contributed by atoms with van der Waals surface area (Å²) in [6, 6.07) is 0. The van der Waals surface area contributed by atoms with Gasteiger partial charge in [-0.1, -0.05) is 296 Å². The Balaban J connectivity index is 0. The molecule has 0 radical (unpaired) electrons. The van der Waals surface area contributed by atoms with E-state index in [1.165, 1.54) is 244 Å². The maximum atomic E-state index is 10.9. The van der Waals surface area contributed by atoms with E-state index in [-0.39, 0.29) is 12.8 Å². The SMILES string of the molecule is CCCCCCCCCCCCCC(C(=O)O)C(=O)O.CCCCCCCCCCCCCCCCCCCCCCCCCCCCCCCCCCCC(C(=O)O)C(=O)O. The van der Waals surface area contributed by atoms with Gasteiger partial charge in [-0.25, -0.2) is 0 Å². The first-order chi connectivity index (χ1) is 30.2. The Labute approximate surface area is 383 Å². The van der Waals surface area contributed by atoms with Crippen LogP contribution in [-0.4, -0.2) is 44.3 Å². The van der Waals surface area contributed by atoms with E-state index in [2.05, 4.69) is 13.8 Å². The summed E-state index contributed by atoms with van der Waals surface area (Å²) in [6.45, 7) is 4.52. The summed E-state index contributed by atoms with van der Waals surface area (Å²) < 4.78 is 0. The average molecular weight is 881 g/mol. The highest BCUT2D eigenvalue weighted by Crippen LogP contribution is 2.19. The lowest BCUT2D eigenvalue weighted by Gasteiger charge is -2.07. The fourth-order valence-electron chi connectivity index (χ4n) is 8.62. The van der Waals surface area contributed by atoms with Crippen molar-refractivity contribution < 1.29 is 39.6 Å². The number of unbranched alkanes of at least 4 members (excludes halogenated alkanes) is 42. The van der Waals surface area contributed by atoms with E-state index >= 15 is 0 Å². The molecule has 8 heteroatoms. The lowest BCUT2D eigenvalue weighted by atomic mass is 10.00. The number of aliphatic carboxylic acids is 4. The lowest BCUT2D eigenvalue weighted by Crippen LogP contribution is -2.23. The highest BCUT2D eigenvalue weighted by atomic mass is 16.4. The largest absolute Gasteiger partial charge is 0.481 e. The van der Waals surface area contributed by atoms with E-state index in [1.54, 1.807) is 0 Å². The van der Waals surface area contributed by atoms with Crippen LogP contribution in [0.15, 0.2) is 0 Å². The second-order valence-corrected chi connectivity index (χ2v) is 18.9. The van der Waals surface area contributed by atoms with E-state index in [1.807, 2.05) is 0 Å². The number of carboxylic acid groups (broad SMARTS) is 4. The van der Waals surface area contributed by atoms with Gasteiger partial charge >= 0.3 is 23.9 Å². The first-order valence-electron chi connectivity index (χ1n) is 27.1. The quantitative estimate of drug-likeness (QED) is 0.0348. The summed E-state index contributed by atoms with van der Waals surface area (Å²) >= 11 is 0. The summed E-state index contributed by atoms with van der Waals surface area (Å²) in [5.41, 5.74) is 0. The fourth-order valence-corrected chi connectivity index (χ4v) is 8.62. The van der Waals surface area contributed by atoms with E-state index in [0.717, 1.165) is 25.7 Å².